The molecular weight excluding hydrogens is 369 g/mol. The number of fused-ring (bicyclic) bond motifs is 1. The number of hydrogen-bond donors (Lipinski definition) is 1. The fourth-order valence-corrected chi connectivity index (χ4v) is 3.79. The lowest BCUT2D eigenvalue weighted by molar-refractivity contribution is 0.533. The smallest absolute Gasteiger partial charge is 0.193 e. The molecule has 1 atom stereocenters. The first kappa shape index (κ1) is 15.0. The van der Waals surface area contributed by atoms with Gasteiger partial charge in [-0.05, 0) is 23.3 Å². The average Bonchev–Trinajstić information content (AvgIpc) is 2.82. The summed E-state index contributed by atoms with van der Waals surface area (Å²) in [6.07, 6.45) is 1.21. The molecule has 0 aromatic heterocycles. The van der Waals surface area contributed by atoms with Crippen molar-refractivity contribution in [1.29, 1.82) is 0 Å². The van der Waals surface area contributed by atoms with Crippen LogP contribution in [0.3, 0.4) is 0 Å². The van der Waals surface area contributed by atoms with Crippen molar-refractivity contribution >= 4 is 41.7 Å². The third-order valence-corrected chi connectivity index (χ3v) is 4.86. The average molecular weight is 389 g/mol. The number of halogens is 1. The molecule has 2 heterocycles. The van der Waals surface area contributed by atoms with Gasteiger partial charge in [-0.1, -0.05) is 24.3 Å². The van der Waals surface area contributed by atoms with Crippen LogP contribution in [0.2, 0.25) is 0 Å². The maximum atomic E-state index is 4.48. The van der Waals surface area contributed by atoms with Crippen LogP contribution >= 0.6 is 35.7 Å². The van der Waals surface area contributed by atoms with Gasteiger partial charge in [0.25, 0.3) is 0 Å². The molecule has 1 aromatic rings. The molecule has 0 spiro atoms. The standard InChI is InChI=1S/C14H19N3S.HI/c1-17-8-7-15-14(17)16-10-13-12-5-3-2-4-11(12)6-9-18-13;/h2-5,13H,6-10H2,1H3,(H,15,16);1H. The van der Waals surface area contributed by atoms with Gasteiger partial charge >= 0.3 is 0 Å². The number of guanidine groups is 1. The van der Waals surface area contributed by atoms with Crippen molar-refractivity contribution in [2.24, 2.45) is 4.99 Å². The van der Waals surface area contributed by atoms with Gasteiger partial charge in [-0.3, -0.25) is 4.99 Å². The quantitative estimate of drug-likeness (QED) is 0.788. The fourth-order valence-electron chi connectivity index (χ4n) is 2.55. The summed E-state index contributed by atoms with van der Waals surface area (Å²) in [5, 5.41) is 4.06. The SMILES string of the molecule is CN1CCN=C1NCC1SCCc2ccccc21.I. The van der Waals surface area contributed by atoms with Crippen molar-refractivity contribution in [3.05, 3.63) is 35.4 Å². The summed E-state index contributed by atoms with van der Waals surface area (Å²) in [7, 11) is 2.10. The number of hydrogen-bond acceptors (Lipinski definition) is 4. The Balaban J connectivity index is 0.00000133. The predicted molar refractivity (Wildman–Crippen MR) is 93.7 cm³/mol. The van der Waals surface area contributed by atoms with E-state index in [-0.39, 0.29) is 24.0 Å². The summed E-state index contributed by atoms with van der Waals surface area (Å²) in [5.41, 5.74) is 3.02. The predicted octanol–water partition coefficient (Wildman–Crippen LogP) is 2.53. The minimum atomic E-state index is 0. The Kier molecular flexibility index (Phi) is 5.38. The number of likely N-dealkylation sites (N-methyl/N-ethyl adjacent to an activating group) is 1. The van der Waals surface area contributed by atoms with Gasteiger partial charge in [-0.2, -0.15) is 11.8 Å². The molecule has 0 aliphatic carbocycles. The molecule has 5 heteroatoms. The topological polar surface area (TPSA) is 27.6 Å². The van der Waals surface area contributed by atoms with Crippen LogP contribution in [-0.2, 0) is 6.42 Å². The molecular formula is C14H20IN3S. The molecule has 1 aromatic carbocycles. The Morgan fingerprint density at radius 2 is 2.26 bits per heavy atom. The van der Waals surface area contributed by atoms with Gasteiger partial charge in [0, 0.05) is 25.4 Å². The molecule has 0 amide bonds. The van der Waals surface area contributed by atoms with Crippen LogP contribution in [0.1, 0.15) is 16.4 Å². The zero-order valence-electron chi connectivity index (χ0n) is 11.1. The van der Waals surface area contributed by atoms with Gasteiger partial charge in [0.15, 0.2) is 5.96 Å². The second kappa shape index (κ2) is 6.83. The highest BCUT2D eigenvalue weighted by Crippen LogP contribution is 2.35. The lowest BCUT2D eigenvalue weighted by Crippen LogP contribution is -2.37. The van der Waals surface area contributed by atoms with Crippen molar-refractivity contribution in [2.75, 3.05) is 32.4 Å². The van der Waals surface area contributed by atoms with E-state index in [0.29, 0.717) is 5.25 Å². The third kappa shape index (κ3) is 3.37. The van der Waals surface area contributed by atoms with E-state index in [1.165, 1.54) is 23.3 Å². The first-order chi connectivity index (χ1) is 8.84. The molecule has 2 aliphatic heterocycles. The summed E-state index contributed by atoms with van der Waals surface area (Å²) in [5.74, 6) is 2.28. The fraction of sp³-hybridized carbons (Fsp3) is 0.500. The van der Waals surface area contributed by atoms with Crippen LogP contribution in [0.5, 0.6) is 0 Å². The maximum absolute atomic E-state index is 4.48. The molecule has 1 unspecified atom stereocenters. The minimum Gasteiger partial charge on any atom is -0.355 e. The Bertz CT molecular complexity index is 464. The Hall–Kier alpha value is -0.430. The lowest BCUT2D eigenvalue weighted by Gasteiger charge is -2.26. The van der Waals surface area contributed by atoms with Gasteiger partial charge < -0.3 is 10.2 Å². The highest BCUT2D eigenvalue weighted by molar-refractivity contribution is 14.0. The molecule has 19 heavy (non-hydrogen) atoms. The highest BCUT2D eigenvalue weighted by Gasteiger charge is 2.21. The molecule has 2 aliphatic rings. The number of thioether (sulfide) groups is 1. The summed E-state index contributed by atoms with van der Waals surface area (Å²) in [4.78, 5) is 6.67. The summed E-state index contributed by atoms with van der Waals surface area (Å²) in [6.45, 7) is 2.94. The van der Waals surface area contributed by atoms with Crippen molar-refractivity contribution in [1.82, 2.24) is 10.2 Å². The lowest BCUT2D eigenvalue weighted by atomic mass is 10.0. The van der Waals surface area contributed by atoms with Crippen molar-refractivity contribution in [2.45, 2.75) is 11.7 Å². The summed E-state index contributed by atoms with van der Waals surface area (Å²) >= 11 is 2.05. The number of aliphatic imine (C=N–C) groups is 1. The van der Waals surface area contributed by atoms with E-state index in [2.05, 4.69) is 58.3 Å². The third-order valence-electron chi connectivity index (χ3n) is 3.60. The first-order valence-corrected chi connectivity index (χ1v) is 7.58. The van der Waals surface area contributed by atoms with E-state index in [4.69, 9.17) is 0 Å². The molecule has 0 radical (unpaired) electrons. The minimum absolute atomic E-state index is 0. The summed E-state index contributed by atoms with van der Waals surface area (Å²) in [6, 6.07) is 8.83. The van der Waals surface area contributed by atoms with E-state index in [1.54, 1.807) is 0 Å². The zero-order chi connectivity index (χ0) is 12.4. The van der Waals surface area contributed by atoms with Crippen LogP contribution in [0, 0.1) is 0 Å². The van der Waals surface area contributed by atoms with Crippen molar-refractivity contribution in [3.63, 3.8) is 0 Å². The Labute approximate surface area is 136 Å². The first-order valence-electron chi connectivity index (χ1n) is 6.53. The highest BCUT2D eigenvalue weighted by atomic mass is 127. The molecule has 3 rings (SSSR count). The van der Waals surface area contributed by atoms with Gasteiger partial charge in [-0.25, -0.2) is 0 Å². The van der Waals surface area contributed by atoms with E-state index in [9.17, 15) is 0 Å². The van der Waals surface area contributed by atoms with Gasteiger partial charge in [-0.15, -0.1) is 24.0 Å². The van der Waals surface area contributed by atoms with E-state index in [1.807, 2.05) is 0 Å². The zero-order valence-corrected chi connectivity index (χ0v) is 14.3. The molecule has 0 saturated carbocycles. The number of benzene rings is 1. The van der Waals surface area contributed by atoms with Crippen LogP contribution < -0.4 is 5.32 Å². The normalized spacial score (nSPS) is 21.4. The van der Waals surface area contributed by atoms with Crippen LogP contribution in [-0.4, -0.2) is 43.3 Å². The van der Waals surface area contributed by atoms with Gasteiger partial charge in [0.05, 0.1) is 6.54 Å². The van der Waals surface area contributed by atoms with Crippen LogP contribution in [0.15, 0.2) is 29.3 Å². The molecule has 0 fully saturated rings. The monoisotopic (exact) mass is 389 g/mol. The van der Waals surface area contributed by atoms with Gasteiger partial charge in [0.2, 0.25) is 0 Å². The van der Waals surface area contributed by atoms with Crippen molar-refractivity contribution < 1.29 is 0 Å². The molecule has 104 valence electrons. The van der Waals surface area contributed by atoms with Crippen LogP contribution in [0.4, 0.5) is 0 Å². The van der Waals surface area contributed by atoms with E-state index < -0.39 is 0 Å². The Morgan fingerprint density at radius 3 is 3.05 bits per heavy atom. The second-order valence-electron chi connectivity index (χ2n) is 4.82. The van der Waals surface area contributed by atoms with E-state index in [0.717, 1.165) is 25.6 Å². The number of rotatable bonds is 2. The summed E-state index contributed by atoms with van der Waals surface area (Å²) < 4.78 is 0. The molecule has 3 nitrogen and oxygen atoms in total. The van der Waals surface area contributed by atoms with E-state index >= 15 is 0 Å². The second-order valence-corrected chi connectivity index (χ2v) is 6.13. The number of aryl methyl sites for hydroxylation is 1. The van der Waals surface area contributed by atoms with Crippen molar-refractivity contribution in [3.8, 4) is 0 Å². The Morgan fingerprint density at radius 1 is 1.42 bits per heavy atom. The van der Waals surface area contributed by atoms with Gasteiger partial charge in [0.1, 0.15) is 0 Å². The number of nitrogens with one attached hydrogen (secondary N) is 1. The molecule has 0 bridgehead atoms. The molecule has 0 saturated heterocycles. The number of nitrogens with zero attached hydrogens (tertiary/aromatic N) is 2. The molecule has 1 N–H and O–H groups in total. The largest absolute Gasteiger partial charge is 0.355 e. The maximum Gasteiger partial charge on any atom is 0.193 e. The van der Waals surface area contributed by atoms with Crippen LogP contribution in [0.25, 0.3) is 0 Å².